The Bertz CT molecular complexity index is 845. The van der Waals surface area contributed by atoms with Crippen molar-refractivity contribution in [3.05, 3.63) is 40.2 Å². The van der Waals surface area contributed by atoms with Gasteiger partial charge in [-0.15, -0.1) is 0 Å². The number of nitrogens with two attached hydrogens (primary N) is 1. The molecule has 1 amide bonds. The number of rotatable bonds is 3. The average molecular weight is 381 g/mol. The van der Waals surface area contributed by atoms with Gasteiger partial charge in [0.1, 0.15) is 23.5 Å². The van der Waals surface area contributed by atoms with Crippen molar-refractivity contribution in [2.75, 3.05) is 6.61 Å². The Hall–Kier alpha value is -2.46. The summed E-state index contributed by atoms with van der Waals surface area (Å²) in [5.41, 5.74) is 5.22. The van der Waals surface area contributed by atoms with Gasteiger partial charge in [-0.1, -0.05) is 0 Å². The van der Waals surface area contributed by atoms with Crippen LogP contribution in [0.25, 0.3) is 11.0 Å². The quantitative estimate of drug-likeness (QED) is 0.533. The van der Waals surface area contributed by atoms with E-state index in [2.05, 4.69) is 5.73 Å². The zero-order valence-electron chi connectivity index (χ0n) is 15.0. The fourth-order valence-electron chi connectivity index (χ4n) is 2.67. The lowest BCUT2D eigenvalue weighted by Crippen LogP contribution is -2.51. The highest BCUT2D eigenvalue weighted by Gasteiger charge is 2.37. The van der Waals surface area contributed by atoms with Gasteiger partial charge in [0.2, 0.25) is 12.2 Å². The minimum Gasteiger partial charge on any atom is -0.465 e. The number of carbonyl (C=O) groups is 1. The van der Waals surface area contributed by atoms with Crippen LogP contribution in [-0.4, -0.2) is 52.4 Å². The second kappa shape index (κ2) is 8.96. The second-order valence-corrected chi connectivity index (χ2v) is 6.22. The van der Waals surface area contributed by atoms with Crippen molar-refractivity contribution in [3.63, 3.8) is 0 Å². The summed E-state index contributed by atoms with van der Waals surface area (Å²) in [6, 6.07) is 6.44. The molecule has 1 aromatic carbocycles. The van der Waals surface area contributed by atoms with Gasteiger partial charge in [-0.3, -0.25) is 4.79 Å². The van der Waals surface area contributed by atoms with Crippen LogP contribution in [0.5, 0.6) is 5.75 Å². The molecule has 0 bridgehead atoms. The Kier molecular flexibility index (Phi) is 6.92. The van der Waals surface area contributed by atoms with Crippen LogP contribution < -0.4 is 16.1 Å². The molecule has 5 N–H and O–H groups in total. The molecule has 1 aliphatic heterocycles. The number of aliphatic hydroxyl groups is 3. The van der Waals surface area contributed by atoms with Crippen LogP contribution in [0.4, 0.5) is 0 Å². The maximum Gasteiger partial charge on any atom is 0.336 e. The van der Waals surface area contributed by atoms with E-state index in [0.29, 0.717) is 11.3 Å². The van der Waals surface area contributed by atoms with Crippen LogP contribution in [0.15, 0.2) is 33.5 Å². The molecule has 1 aromatic heterocycles. The van der Waals surface area contributed by atoms with Crippen LogP contribution in [-0.2, 0) is 9.53 Å². The molecular formula is C18H23NO8. The minimum absolute atomic E-state index is 0.0630. The van der Waals surface area contributed by atoms with Crippen molar-refractivity contribution in [2.24, 2.45) is 5.73 Å². The van der Waals surface area contributed by atoms with E-state index in [-0.39, 0.29) is 12.3 Å². The molecule has 3 rings (SSSR count). The van der Waals surface area contributed by atoms with E-state index in [4.69, 9.17) is 19.0 Å². The Morgan fingerprint density at radius 2 is 2.00 bits per heavy atom. The lowest BCUT2D eigenvalue weighted by atomic mass is 10.0. The number of carbonyl (C=O) groups excluding carboxylic acids is 1. The SMILES string of the molecule is CC(N)=O.Cc1cc(=O)oc2cc(OC3CC(O)C(O)C(CO)O3)ccc12. The fraction of sp³-hybridized carbons (Fsp3) is 0.444. The van der Waals surface area contributed by atoms with Gasteiger partial charge in [-0.2, -0.15) is 0 Å². The number of hydrogen-bond donors (Lipinski definition) is 4. The van der Waals surface area contributed by atoms with Gasteiger partial charge in [-0.05, 0) is 24.6 Å². The van der Waals surface area contributed by atoms with Gasteiger partial charge < -0.3 is 34.9 Å². The Morgan fingerprint density at radius 1 is 1.33 bits per heavy atom. The molecule has 148 valence electrons. The zero-order chi connectivity index (χ0) is 20.1. The molecule has 2 aromatic rings. The summed E-state index contributed by atoms with van der Waals surface area (Å²) in [5.74, 6) is 0.0662. The van der Waals surface area contributed by atoms with E-state index in [1.807, 2.05) is 6.92 Å². The maximum atomic E-state index is 11.4. The molecule has 27 heavy (non-hydrogen) atoms. The third-order valence-electron chi connectivity index (χ3n) is 3.91. The minimum atomic E-state index is -1.16. The molecule has 0 spiro atoms. The average Bonchev–Trinajstić information content (AvgIpc) is 2.57. The van der Waals surface area contributed by atoms with Gasteiger partial charge in [0.15, 0.2) is 0 Å². The topological polar surface area (TPSA) is 152 Å². The highest BCUT2D eigenvalue weighted by molar-refractivity contribution is 5.81. The number of amides is 1. The summed E-state index contributed by atoms with van der Waals surface area (Å²) in [7, 11) is 0. The largest absolute Gasteiger partial charge is 0.465 e. The molecule has 0 saturated carbocycles. The summed E-state index contributed by atoms with van der Waals surface area (Å²) in [6.45, 7) is 2.69. The maximum absolute atomic E-state index is 11.4. The molecule has 9 heteroatoms. The van der Waals surface area contributed by atoms with Crippen LogP contribution in [0.3, 0.4) is 0 Å². The number of hydrogen-bond acceptors (Lipinski definition) is 8. The van der Waals surface area contributed by atoms with Crippen LogP contribution in [0, 0.1) is 6.92 Å². The summed E-state index contributed by atoms with van der Waals surface area (Å²) < 4.78 is 16.2. The third kappa shape index (κ3) is 5.51. The van der Waals surface area contributed by atoms with Gasteiger partial charge in [0.25, 0.3) is 0 Å². The summed E-state index contributed by atoms with van der Waals surface area (Å²) in [4.78, 5) is 20.7. The van der Waals surface area contributed by atoms with Crippen LogP contribution in [0.2, 0.25) is 0 Å². The predicted octanol–water partition coefficient (Wildman–Crippen LogP) is -0.199. The molecule has 2 heterocycles. The number of aliphatic hydroxyl groups excluding tert-OH is 3. The van der Waals surface area contributed by atoms with Crippen LogP contribution in [0.1, 0.15) is 18.9 Å². The van der Waals surface area contributed by atoms with Crippen LogP contribution >= 0.6 is 0 Å². The van der Waals surface area contributed by atoms with E-state index < -0.39 is 36.8 Å². The number of aryl methyl sites for hydroxylation is 1. The second-order valence-electron chi connectivity index (χ2n) is 6.22. The monoisotopic (exact) mass is 381 g/mol. The number of primary amides is 1. The predicted molar refractivity (Wildman–Crippen MR) is 95.1 cm³/mol. The van der Waals surface area contributed by atoms with E-state index in [1.165, 1.54) is 13.0 Å². The molecule has 0 aliphatic carbocycles. The first kappa shape index (κ1) is 20.8. The first-order valence-electron chi connectivity index (χ1n) is 8.31. The lowest BCUT2D eigenvalue weighted by Gasteiger charge is -2.36. The molecule has 4 atom stereocenters. The number of benzene rings is 1. The van der Waals surface area contributed by atoms with Crippen molar-refractivity contribution in [1.29, 1.82) is 0 Å². The molecule has 1 aliphatic rings. The van der Waals surface area contributed by atoms with Crippen molar-refractivity contribution < 1.29 is 34.0 Å². The smallest absolute Gasteiger partial charge is 0.336 e. The third-order valence-corrected chi connectivity index (χ3v) is 3.91. The summed E-state index contributed by atoms with van der Waals surface area (Å²) in [5, 5.41) is 29.4. The van der Waals surface area contributed by atoms with E-state index in [9.17, 15) is 19.8 Å². The molecule has 9 nitrogen and oxygen atoms in total. The van der Waals surface area contributed by atoms with Crippen molar-refractivity contribution in [1.82, 2.24) is 0 Å². The fourth-order valence-corrected chi connectivity index (χ4v) is 2.67. The highest BCUT2D eigenvalue weighted by Crippen LogP contribution is 2.26. The number of ether oxygens (including phenoxy) is 2. The van der Waals surface area contributed by atoms with Gasteiger partial charge in [-0.25, -0.2) is 4.79 Å². The van der Waals surface area contributed by atoms with Crippen molar-refractivity contribution >= 4 is 16.9 Å². The first-order valence-corrected chi connectivity index (χ1v) is 8.31. The number of fused-ring (bicyclic) bond motifs is 1. The lowest BCUT2D eigenvalue weighted by molar-refractivity contribution is -0.229. The van der Waals surface area contributed by atoms with E-state index in [0.717, 1.165) is 10.9 Å². The Balaban J connectivity index is 0.000000596. The highest BCUT2D eigenvalue weighted by atomic mass is 16.7. The molecule has 4 unspecified atom stereocenters. The van der Waals surface area contributed by atoms with Gasteiger partial charge >= 0.3 is 5.63 Å². The van der Waals surface area contributed by atoms with Crippen molar-refractivity contribution in [2.45, 2.75) is 44.9 Å². The van der Waals surface area contributed by atoms with Gasteiger partial charge in [0.05, 0.1) is 12.7 Å². The molecular weight excluding hydrogens is 358 g/mol. The van der Waals surface area contributed by atoms with E-state index in [1.54, 1.807) is 18.2 Å². The first-order chi connectivity index (χ1) is 12.7. The zero-order valence-corrected chi connectivity index (χ0v) is 15.0. The van der Waals surface area contributed by atoms with Gasteiger partial charge in [0, 0.05) is 30.9 Å². The Morgan fingerprint density at radius 3 is 2.63 bits per heavy atom. The molecule has 1 saturated heterocycles. The summed E-state index contributed by atoms with van der Waals surface area (Å²) in [6.07, 6.45) is -3.87. The normalized spacial score (nSPS) is 24.8. The Labute approximate surface area is 154 Å². The van der Waals surface area contributed by atoms with E-state index >= 15 is 0 Å². The van der Waals surface area contributed by atoms with Crippen molar-refractivity contribution in [3.8, 4) is 5.75 Å². The summed E-state index contributed by atoms with van der Waals surface area (Å²) >= 11 is 0. The molecule has 0 radical (unpaired) electrons. The standard InChI is InChI=1S/C16H18O7.C2H5NO/c1-8-4-14(19)22-12-5-9(2-3-10(8)12)21-15-6-11(18)16(20)13(7-17)23-15;1-2(3)4/h2-5,11,13,15-18,20H,6-7H2,1H3;1H3,(H2,3,4). The molecule has 1 fully saturated rings.